The van der Waals surface area contributed by atoms with Crippen molar-refractivity contribution in [3.05, 3.63) is 72.4 Å². The van der Waals surface area contributed by atoms with E-state index >= 15 is 0 Å². The van der Waals surface area contributed by atoms with Gasteiger partial charge in [-0.25, -0.2) is 0 Å². The summed E-state index contributed by atoms with van der Waals surface area (Å²) in [7, 11) is 1.55. The van der Waals surface area contributed by atoms with Crippen LogP contribution in [-0.2, 0) is 14.3 Å². The lowest BCUT2D eigenvalue weighted by Crippen LogP contribution is -2.51. The SMILES string of the molecule is C=C1NC(=S)N[C@@H](c2cccc(Oc3ccccc3)c2)[C@@H]1C(=O)OCCOC. The van der Waals surface area contributed by atoms with Crippen LogP contribution in [0.15, 0.2) is 66.9 Å². The van der Waals surface area contributed by atoms with Gasteiger partial charge in [0.25, 0.3) is 0 Å². The predicted molar refractivity (Wildman–Crippen MR) is 110 cm³/mol. The Kier molecular flexibility index (Phi) is 6.62. The molecule has 1 aliphatic rings. The highest BCUT2D eigenvalue weighted by atomic mass is 32.1. The summed E-state index contributed by atoms with van der Waals surface area (Å²) in [6, 6.07) is 16.6. The summed E-state index contributed by atoms with van der Waals surface area (Å²) in [5, 5.41) is 6.47. The molecule has 2 atom stereocenters. The first-order valence-corrected chi connectivity index (χ1v) is 9.24. The molecular weight excluding hydrogens is 376 g/mol. The number of hydrogen-bond acceptors (Lipinski definition) is 5. The molecule has 28 heavy (non-hydrogen) atoms. The topological polar surface area (TPSA) is 68.8 Å². The molecule has 0 aromatic heterocycles. The molecular formula is C21H22N2O4S. The van der Waals surface area contributed by atoms with Crippen LogP contribution < -0.4 is 15.4 Å². The summed E-state index contributed by atoms with van der Waals surface area (Å²) in [5.41, 5.74) is 1.33. The Hall–Kier alpha value is -2.90. The number of hydrogen-bond donors (Lipinski definition) is 2. The van der Waals surface area contributed by atoms with E-state index in [1.54, 1.807) is 7.11 Å². The van der Waals surface area contributed by atoms with Gasteiger partial charge in [-0.3, -0.25) is 4.79 Å². The maximum absolute atomic E-state index is 12.7. The van der Waals surface area contributed by atoms with E-state index < -0.39 is 17.9 Å². The lowest BCUT2D eigenvalue weighted by atomic mass is 9.89. The summed E-state index contributed by atoms with van der Waals surface area (Å²) in [4.78, 5) is 12.7. The first-order valence-electron chi connectivity index (χ1n) is 8.83. The summed E-state index contributed by atoms with van der Waals surface area (Å²) in [6.45, 7) is 4.46. The first-order chi connectivity index (χ1) is 13.6. The van der Waals surface area contributed by atoms with Crippen molar-refractivity contribution in [2.24, 2.45) is 5.92 Å². The molecule has 2 aromatic rings. The van der Waals surface area contributed by atoms with Crippen LogP contribution in [0, 0.1) is 5.92 Å². The van der Waals surface area contributed by atoms with Crippen LogP contribution in [0.3, 0.4) is 0 Å². The number of methoxy groups -OCH3 is 1. The van der Waals surface area contributed by atoms with E-state index in [0.29, 0.717) is 23.2 Å². The molecule has 0 radical (unpaired) electrons. The Morgan fingerprint density at radius 1 is 1.11 bits per heavy atom. The van der Waals surface area contributed by atoms with Crippen LogP contribution in [0.5, 0.6) is 11.5 Å². The minimum absolute atomic E-state index is 0.174. The normalized spacial score (nSPS) is 18.8. The molecule has 146 valence electrons. The minimum atomic E-state index is -0.643. The Morgan fingerprint density at radius 2 is 1.86 bits per heavy atom. The van der Waals surface area contributed by atoms with Crippen LogP contribution >= 0.6 is 12.2 Å². The van der Waals surface area contributed by atoms with Crippen molar-refractivity contribution in [1.82, 2.24) is 10.6 Å². The third-order valence-corrected chi connectivity index (χ3v) is 4.47. The zero-order valence-corrected chi connectivity index (χ0v) is 16.3. The fourth-order valence-electron chi connectivity index (χ4n) is 2.95. The monoisotopic (exact) mass is 398 g/mol. The summed E-state index contributed by atoms with van der Waals surface area (Å²) in [6.07, 6.45) is 0. The molecule has 3 rings (SSSR count). The average Bonchev–Trinajstić information content (AvgIpc) is 2.68. The molecule has 0 spiro atoms. The van der Waals surface area contributed by atoms with E-state index in [1.165, 1.54) is 0 Å². The third-order valence-electron chi connectivity index (χ3n) is 4.25. The fourth-order valence-corrected chi connectivity index (χ4v) is 3.21. The maximum atomic E-state index is 12.7. The molecule has 7 heteroatoms. The smallest absolute Gasteiger partial charge is 0.317 e. The highest BCUT2D eigenvalue weighted by Gasteiger charge is 2.37. The van der Waals surface area contributed by atoms with E-state index in [4.69, 9.17) is 26.4 Å². The molecule has 0 amide bonds. The van der Waals surface area contributed by atoms with Crippen LogP contribution in [-0.4, -0.2) is 31.4 Å². The molecule has 2 N–H and O–H groups in total. The molecule has 6 nitrogen and oxygen atoms in total. The van der Waals surface area contributed by atoms with Crippen molar-refractivity contribution in [1.29, 1.82) is 0 Å². The quantitative estimate of drug-likeness (QED) is 0.421. The summed E-state index contributed by atoms with van der Waals surface area (Å²) < 4.78 is 16.2. The van der Waals surface area contributed by atoms with Crippen LogP contribution in [0.2, 0.25) is 0 Å². The van der Waals surface area contributed by atoms with Gasteiger partial charge in [-0.1, -0.05) is 36.9 Å². The largest absolute Gasteiger partial charge is 0.463 e. The number of rotatable bonds is 7. The van der Waals surface area contributed by atoms with Crippen molar-refractivity contribution in [3.8, 4) is 11.5 Å². The van der Waals surface area contributed by atoms with Crippen LogP contribution in [0.25, 0.3) is 0 Å². The predicted octanol–water partition coefficient (Wildman–Crippen LogP) is 3.32. The average molecular weight is 398 g/mol. The first kappa shape index (κ1) is 19.9. The zero-order chi connectivity index (χ0) is 19.9. The number of thiocarbonyl (C=S) groups is 1. The number of benzene rings is 2. The van der Waals surface area contributed by atoms with Gasteiger partial charge in [0.15, 0.2) is 5.11 Å². The van der Waals surface area contributed by atoms with Gasteiger partial charge in [0.05, 0.1) is 12.6 Å². The van der Waals surface area contributed by atoms with Crippen molar-refractivity contribution in [2.75, 3.05) is 20.3 Å². The molecule has 1 aliphatic heterocycles. The van der Waals surface area contributed by atoms with Gasteiger partial charge in [-0.05, 0) is 42.0 Å². The number of para-hydroxylation sites is 1. The van der Waals surface area contributed by atoms with Gasteiger partial charge < -0.3 is 24.8 Å². The summed E-state index contributed by atoms with van der Waals surface area (Å²) in [5.74, 6) is 0.347. The van der Waals surface area contributed by atoms with E-state index in [1.807, 2.05) is 54.6 Å². The van der Waals surface area contributed by atoms with Crippen LogP contribution in [0.1, 0.15) is 11.6 Å². The fraction of sp³-hybridized carbons (Fsp3) is 0.238. The van der Waals surface area contributed by atoms with Crippen molar-refractivity contribution in [2.45, 2.75) is 6.04 Å². The molecule has 0 saturated carbocycles. The van der Waals surface area contributed by atoms with Gasteiger partial charge in [-0.15, -0.1) is 0 Å². The van der Waals surface area contributed by atoms with Crippen LogP contribution in [0.4, 0.5) is 0 Å². The van der Waals surface area contributed by atoms with E-state index in [2.05, 4.69) is 17.2 Å². The second-order valence-corrected chi connectivity index (χ2v) is 6.64. The Bertz CT molecular complexity index is 856. The Labute approximate surface area is 169 Å². The Balaban J connectivity index is 1.83. The molecule has 1 heterocycles. The number of carbonyl (C=O) groups is 1. The highest BCUT2D eigenvalue weighted by Crippen LogP contribution is 2.33. The third kappa shape index (κ3) is 4.88. The Morgan fingerprint density at radius 3 is 2.61 bits per heavy atom. The second kappa shape index (κ2) is 9.34. The second-order valence-electron chi connectivity index (χ2n) is 6.23. The lowest BCUT2D eigenvalue weighted by Gasteiger charge is -2.35. The zero-order valence-electron chi connectivity index (χ0n) is 15.5. The van der Waals surface area contributed by atoms with Gasteiger partial charge in [0.2, 0.25) is 0 Å². The van der Waals surface area contributed by atoms with Crippen molar-refractivity contribution < 1.29 is 19.0 Å². The molecule has 2 aromatic carbocycles. The maximum Gasteiger partial charge on any atom is 0.317 e. The lowest BCUT2D eigenvalue weighted by molar-refractivity contribution is -0.149. The van der Waals surface area contributed by atoms with E-state index in [0.717, 1.165) is 11.3 Å². The molecule has 0 bridgehead atoms. The number of carbonyl (C=O) groups excluding carboxylic acids is 1. The van der Waals surface area contributed by atoms with Gasteiger partial charge >= 0.3 is 5.97 Å². The van der Waals surface area contributed by atoms with E-state index in [9.17, 15) is 4.79 Å². The van der Waals surface area contributed by atoms with E-state index in [-0.39, 0.29) is 6.61 Å². The standard InChI is InChI=1S/C21H22N2O4S/c1-14-18(20(24)26-12-11-25-2)19(23-21(28)22-14)15-7-6-10-17(13-15)27-16-8-4-3-5-9-16/h3-10,13,18-19H,1,11-12H2,2H3,(H2,22,23,28)/t18-,19+/m1/s1. The van der Waals surface area contributed by atoms with Gasteiger partial charge in [0.1, 0.15) is 24.0 Å². The minimum Gasteiger partial charge on any atom is -0.463 e. The van der Waals surface area contributed by atoms with Gasteiger partial charge in [-0.2, -0.15) is 0 Å². The number of esters is 1. The molecule has 1 fully saturated rings. The molecule has 0 unspecified atom stereocenters. The van der Waals surface area contributed by atoms with Crippen molar-refractivity contribution >= 4 is 23.3 Å². The van der Waals surface area contributed by atoms with Crippen molar-refractivity contribution in [3.63, 3.8) is 0 Å². The summed E-state index contributed by atoms with van der Waals surface area (Å²) >= 11 is 5.26. The highest BCUT2D eigenvalue weighted by molar-refractivity contribution is 7.80. The number of ether oxygens (including phenoxy) is 3. The number of nitrogens with one attached hydrogen (secondary N) is 2. The molecule has 0 aliphatic carbocycles. The molecule has 1 saturated heterocycles. The van der Waals surface area contributed by atoms with Gasteiger partial charge in [0, 0.05) is 12.8 Å².